The molecule has 0 aliphatic carbocycles. The molecule has 1 aromatic carbocycles. The van der Waals surface area contributed by atoms with Crippen molar-refractivity contribution in [3.8, 4) is 0 Å². The van der Waals surface area contributed by atoms with Crippen molar-refractivity contribution in [3.63, 3.8) is 0 Å². The van der Waals surface area contributed by atoms with Gasteiger partial charge in [-0.3, -0.25) is 19.3 Å². The Morgan fingerprint density at radius 1 is 1.32 bits per heavy atom. The van der Waals surface area contributed by atoms with Crippen LogP contribution in [0.15, 0.2) is 24.3 Å². The first-order valence-electron chi connectivity index (χ1n) is 5.86. The normalized spacial score (nSPS) is 19.5. The van der Waals surface area contributed by atoms with Gasteiger partial charge >= 0.3 is 0 Å². The highest BCUT2D eigenvalue weighted by molar-refractivity contribution is 6.03. The molecule has 1 heterocycles. The van der Waals surface area contributed by atoms with Gasteiger partial charge in [-0.25, -0.2) is 4.39 Å². The molecule has 0 radical (unpaired) electrons. The quantitative estimate of drug-likeness (QED) is 0.800. The van der Waals surface area contributed by atoms with Gasteiger partial charge in [-0.1, -0.05) is 0 Å². The Morgan fingerprint density at radius 2 is 1.95 bits per heavy atom. The average Bonchev–Trinajstić information content (AvgIpc) is 2.40. The molecule has 19 heavy (non-hydrogen) atoms. The zero-order valence-corrected chi connectivity index (χ0v) is 10.4. The lowest BCUT2D eigenvalue weighted by Crippen LogP contribution is -2.52. The second kappa shape index (κ2) is 5.17. The molecule has 2 rings (SSSR count). The van der Waals surface area contributed by atoms with Gasteiger partial charge in [0.25, 0.3) is 11.8 Å². The molecular weight excluding hydrogens is 251 g/mol. The maximum Gasteiger partial charge on any atom is 0.251 e. The van der Waals surface area contributed by atoms with Gasteiger partial charge in [0.15, 0.2) is 0 Å². The Morgan fingerprint density at radius 3 is 2.58 bits per heavy atom. The predicted octanol–water partition coefficient (Wildman–Crippen LogP) is 0.703. The van der Waals surface area contributed by atoms with Crippen LogP contribution in [0.5, 0.6) is 0 Å². The minimum absolute atomic E-state index is 0.219. The van der Waals surface area contributed by atoms with Crippen molar-refractivity contribution >= 4 is 17.7 Å². The van der Waals surface area contributed by atoms with Crippen LogP contribution < -0.4 is 5.32 Å². The van der Waals surface area contributed by atoms with E-state index in [1.807, 2.05) is 0 Å². The Balaban J connectivity index is 2.05. The van der Waals surface area contributed by atoms with Gasteiger partial charge in [-0.05, 0) is 30.7 Å². The first-order chi connectivity index (χ1) is 8.99. The van der Waals surface area contributed by atoms with Crippen LogP contribution in [0.2, 0.25) is 0 Å². The number of halogens is 1. The summed E-state index contributed by atoms with van der Waals surface area (Å²) in [4.78, 5) is 36.0. The zero-order chi connectivity index (χ0) is 14.0. The molecule has 1 atom stereocenters. The third kappa shape index (κ3) is 2.78. The SMILES string of the molecule is CN1C(=O)CCC(NC(=O)c2ccc(F)cc2)C1=O. The number of benzene rings is 1. The van der Waals surface area contributed by atoms with Gasteiger partial charge in [-0.15, -0.1) is 0 Å². The number of carbonyl (C=O) groups is 3. The van der Waals surface area contributed by atoms with E-state index in [0.29, 0.717) is 0 Å². The molecule has 0 spiro atoms. The highest BCUT2D eigenvalue weighted by atomic mass is 19.1. The molecule has 0 aromatic heterocycles. The highest BCUT2D eigenvalue weighted by Gasteiger charge is 2.32. The van der Waals surface area contributed by atoms with Crippen LogP contribution in [-0.2, 0) is 9.59 Å². The summed E-state index contributed by atoms with van der Waals surface area (Å²) in [6, 6.07) is 4.32. The summed E-state index contributed by atoms with van der Waals surface area (Å²) >= 11 is 0. The third-order valence-electron chi connectivity index (χ3n) is 3.06. The number of likely N-dealkylation sites (N-methyl/N-ethyl adjacent to an activating group) is 1. The maximum atomic E-state index is 12.7. The second-order valence-electron chi connectivity index (χ2n) is 4.36. The van der Waals surface area contributed by atoms with Gasteiger partial charge in [0, 0.05) is 19.0 Å². The van der Waals surface area contributed by atoms with Crippen molar-refractivity contribution in [2.45, 2.75) is 18.9 Å². The number of rotatable bonds is 2. The molecule has 1 aliphatic heterocycles. The zero-order valence-electron chi connectivity index (χ0n) is 10.4. The summed E-state index contributed by atoms with van der Waals surface area (Å²) < 4.78 is 12.7. The molecule has 0 saturated carbocycles. The molecule has 100 valence electrons. The molecule has 1 saturated heterocycles. The lowest BCUT2D eigenvalue weighted by molar-refractivity contribution is -0.147. The lowest BCUT2D eigenvalue weighted by Gasteiger charge is -2.28. The van der Waals surface area contributed by atoms with E-state index in [2.05, 4.69) is 5.32 Å². The maximum absolute atomic E-state index is 12.7. The smallest absolute Gasteiger partial charge is 0.251 e. The van der Waals surface area contributed by atoms with Crippen molar-refractivity contribution in [1.82, 2.24) is 10.2 Å². The molecule has 6 heteroatoms. The van der Waals surface area contributed by atoms with Crippen LogP contribution in [0, 0.1) is 5.82 Å². The molecule has 0 bridgehead atoms. The molecule has 3 amide bonds. The fourth-order valence-corrected chi connectivity index (χ4v) is 1.89. The first kappa shape index (κ1) is 13.2. The molecule has 1 N–H and O–H groups in total. The van der Waals surface area contributed by atoms with Gasteiger partial charge < -0.3 is 5.32 Å². The minimum Gasteiger partial charge on any atom is -0.340 e. The number of likely N-dealkylation sites (tertiary alicyclic amines) is 1. The molecule has 1 aromatic rings. The monoisotopic (exact) mass is 264 g/mol. The number of nitrogens with one attached hydrogen (secondary N) is 1. The van der Waals surface area contributed by atoms with E-state index in [9.17, 15) is 18.8 Å². The van der Waals surface area contributed by atoms with E-state index in [0.717, 1.165) is 4.90 Å². The summed E-state index contributed by atoms with van der Waals surface area (Å²) in [7, 11) is 1.39. The van der Waals surface area contributed by atoms with Crippen LogP contribution in [0.1, 0.15) is 23.2 Å². The molecule has 1 aliphatic rings. The topological polar surface area (TPSA) is 66.5 Å². The van der Waals surface area contributed by atoms with Crippen molar-refractivity contribution in [2.24, 2.45) is 0 Å². The van der Waals surface area contributed by atoms with E-state index >= 15 is 0 Å². The van der Waals surface area contributed by atoms with Crippen LogP contribution in [0.25, 0.3) is 0 Å². The first-order valence-corrected chi connectivity index (χ1v) is 5.86. The predicted molar refractivity (Wildman–Crippen MR) is 64.7 cm³/mol. The van der Waals surface area contributed by atoms with Gasteiger partial charge in [0.2, 0.25) is 5.91 Å². The fraction of sp³-hybridized carbons (Fsp3) is 0.308. The van der Waals surface area contributed by atoms with Gasteiger partial charge in [0.1, 0.15) is 11.9 Å². The number of hydrogen-bond donors (Lipinski definition) is 1. The summed E-state index contributed by atoms with van der Waals surface area (Å²) in [6.45, 7) is 0. The van der Waals surface area contributed by atoms with Crippen LogP contribution >= 0.6 is 0 Å². The number of imide groups is 1. The minimum atomic E-state index is -0.708. The number of hydrogen-bond acceptors (Lipinski definition) is 3. The van der Waals surface area contributed by atoms with Crippen LogP contribution in [0.4, 0.5) is 4.39 Å². The largest absolute Gasteiger partial charge is 0.340 e. The van der Waals surface area contributed by atoms with E-state index in [1.165, 1.54) is 31.3 Å². The Hall–Kier alpha value is -2.24. The molecular formula is C13H13FN2O3. The fourth-order valence-electron chi connectivity index (χ4n) is 1.89. The number of amides is 3. The Bertz CT molecular complexity index is 527. The molecule has 1 fully saturated rings. The second-order valence-corrected chi connectivity index (χ2v) is 4.36. The number of nitrogens with zero attached hydrogens (tertiary/aromatic N) is 1. The van der Waals surface area contributed by atoms with E-state index in [4.69, 9.17) is 0 Å². The van der Waals surface area contributed by atoms with Crippen molar-refractivity contribution in [2.75, 3.05) is 7.05 Å². The third-order valence-corrected chi connectivity index (χ3v) is 3.06. The summed E-state index contributed by atoms with van der Waals surface area (Å²) in [6.07, 6.45) is 0.506. The lowest BCUT2D eigenvalue weighted by atomic mass is 10.0. The average molecular weight is 264 g/mol. The van der Waals surface area contributed by atoms with Crippen LogP contribution in [-0.4, -0.2) is 35.7 Å². The van der Waals surface area contributed by atoms with E-state index in [-0.39, 0.29) is 24.3 Å². The van der Waals surface area contributed by atoms with Crippen LogP contribution in [0.3, 0.4) is 0 Å². The number of carbonyl (C=O) groups excluding carboxylic acids is 3. The molecule has 5 nitrogen and oxygen atoms in total. The Labute approximate surface area is 109 Å². The van der Waals surface area contributed by atoms with Crippen molar-refractivity contribution in [1.29, 1.82) is 0 Å². The molecule has 1 unspecified atom stereocenters. The van der Waals surface area contributed by atoms with E-state index in [1.54, 1.807) is 0 Å². The van der Waals surface area contributed by atoms with Gasteiger partial charge in [0.05, 0.1) is 0 Å². The van der Waals surface area contributed by atoms with Crippen molar-refractivity contribution < 1.29 is 18.8 Å². The van der Waals surface area contributed by atoms with Gasteiger partial charge in [-0.2, -0.15) is 0 Å². The van der Waals surface area contributed by atoms with E-state index < -0.39 is 23.7 Å². The summed E-state index contributed by atoms with van der Waals surface area (Å²) in [5.74, 6) is -1.57. The van der Waals surface area contributed by atoms with Crippen molar-refractivity contribution in [3.05, 3.63) is 35.6 Å². The summed E-state index contributed by atoms with van der Waals surface area (Å²) in [5.41, 5.74) is 0.272. The standard InChI is InChI=1S/C13H13FN2O3/c1-16-11(17)7-6-10(13(16)19)15-12(18)8-2-4-9(14)5-3-8/h2-5,10H,6-7H2,1H3,(H,15,18). The number of piperidine rings is 1. The summed E-state index contributed by atoms with van der Waals surface area (Å²) in [5, 5.41) is 2.55. The highest BCUT2D eigenvalue weighted by Crippen LogP contribution is 2.12. The Kier molecular flexibility index (Phi) is 3.59.